The fraction of sp³-hybridized carbons (Fsp3) is 0.600. The number of carboxylic acids is 12. The second kappa shape index (κ2) is 42.4. The number of rotatable bonds is 33. The molecular formula is C30H36Fe4N6O24. The molecule has 0 bridgehead atoms. The van der Waals surface area contributed by atoms with E-state index < -0.39 is 146 Å². The van der Waals surface area contributed by atoms with Crippen molar-refractivity contribution in [1.82, 2.24) is 31.9 Å². The molecule has 0 saturated heterocycles. The predicted molar refractivity (Wildman–Crippen MR) is 159 cm³/mol. The third-order valence-corrected chi connectivity index (χ3v) is 6.65. The standard InChI is InChI=1S/3C10H16N2O8.4Fe/c3*13-7(14)3-5(9(17)18)11-1-2-12-6(10(19)20)4-8(15)16;;;;/h3*5-6,11-12H,1-4H2,(H,13,14)(H,15,16)(H,17,18)(H,19,20);;;;/q;;;4*+3/p-12/t5-,6-;;;;;;/m0....../s1. The minimum Gasteiger partial charge on any atom is -0.550 e. The van der Waals surface area contributed by atoms with Crippen LogP contribution in [0.5, 0.6) is 0 Å². The Labute approximate surface area is 402 Å². The van der Waals surface area contributed by atoms with E-state index in [2.05, 4.69) is 31.9 Å². The average molecular weight is 1090 g/mol. The van der Waals surface area contributed by atoms with E-state index in [1.807, 2.05) is 0 Å². The Morgan fingerprint density at radius 2 is 0.328 bits per heavy atom. The van der Waals surface area contributed by atoms with E-state index in [0.717, 1.165) is 0 Å². The molecular weight excluding hydrogens is 1050 g/mol. The maximum absolute atomic E-state index is 10.5. The van der Waals surface area contributed by atoms with E-state index in [1.165, 1.54) is 0 Å². The first-order valence-corrected chi connectivity index (χ1v) is 16.6. The van der Waals surface area contributed by atoms with Gasteiger partial charge in [-0.05, 0) is 0 Å². The number of hydrogen-bond donors (Lipinski definition) is 6. The minimum atomic E-state index is -1.65. The first-order valence-electron chi connectivity index (χ1n) is 16.6. The SMILES string of the molecule is O=C([O-])CC(NCCNC(CC(=O)[O-])C(=O)[O-])C(=O)[O-].O=C([O-])CC(NCCNC(CC(=O)[O-])C(=O)[O-])C(=O)[O-].O=C([O-])C[C@H](NCCN[C@@H](CC(=O)[O-])C(=O)[O-])C(=O)[O-].[Fe+3].[Fe+3].[Fe+3].[Fe+3]. The molecule has 4 unspecified atom stereocenters. The summed E-state index contributed by atoms with van der Waals surface area (Å²) in [4.78, 5) is 125. The molecule has 0 amide bonds. The van der Waals surface area contributed by atoms with Crippen LogP contribution in [-0.4, -0.2) is 147 Å². The number of nitrogens with one attached hydrogen (secondary N) is 6. The molecule has 34 heteroatoms. The number of hydrogen-bond acceptors (Lipinski definition) is 30. The molecule has 0 aromatic carbocycles. The molecule has 0 aliphatic rings. The Morgan fingerprint density at radius 3 is 0.391 bits per heavy atom. The van der Waals surface area contributed by atoms with Gasteiger partial charge in [-0.2, -0.15) is 0 Å². The van der Waals surface area contributed by atoms with Gasteiger partial charge in [0, 0.05) is 114 Å². The number of carboxylic acid groups (broad SMARTS) is 12. The average Bonchev–Trinajstić information content (AvgIpc) is 3.09. The smallest absolute Gasteiger partial charge is 0.550 e. The molecule has 64 heavy (non-hydrogen) atoms. The molecule has 6 atom stereocenters. The summed E-state index contributed by atoms with van der Waals surface area (Å²) in [6.07, 6.45) is -4.89. The topological polar surface area (TPSA) is 554 Å². The fourth-order valence-electron chi connectivity index (χ4n) is 3.91. The zero-order valence-electron chi connectivity index (χ0n) is 32.2. The molecule has 30 nitrogen and oxygen atoms in total. The van der Waals surface area contributed by atoms with Crippen molar-refractivity contribution in [3.8, 4) is 0 Å². The molecule has 4 radical (unpaired) electrons. The summed E-state index contributed by atoms with van der Waals surface area (Å²) < 4.78 is 0. The normalized spacial score (nSPS) is 12.6. The van der Waals surface area contributed by atoms with Crippen LogP contribution in [0.4, 0.5) is 0 Å². The first-order chi connectivity index (χ1) is 27.7. The van der Waals surface area contributed by atoms with Gasteiger partial charge in [-0.1, -0.05) is 0 Å². The van der Waals surface area contributed by atoms with Crippen molar-refractivity contribution in [2.75, 3.05) is 39.3 Å². The molecule has 0 rings (SSSR count). The van der Waals surface area contributed by atoms with Crippen molar-refractivity contribution < 1.29 is 187 Å². The molecule has 0 aliphatic carbocycles. The zero-order chi connectivity index (χ0) is 47.1. The first kappa shape index (κ1) is 73.9. The van der Waals surface area contributed by atoms with Gasteiger partial charge in [0.15, 0.2) is 0 Å². The predicted octanol–water partition coefficient (Wildman–Crippen LogP) is -22.0. The molecule has 0 fully saturated rings. The molecule has 0 saturated carbocycles. The van der Waals surface area contributed by atoms with Crippen LogP contribution in [0.25, 0.3) is 0 Å². The molecule has 0 aromatic heterocycles. The minimum absolute atomic E-state index is 0. The maximum atomic E-state index is 10.5. The van der Waals surface area contributed by atoms with Crippen LogP contribution >= 0.6 is 0 Å². The number of carbonyl (C=O) groups excluding carboxylic acids is 12. The van der Waals surface area contributed by atoms with E-state index in [4.69, 9.17) is 0 Å². The van der Waals surface area contributed by atoms with E-state index in [9.17, 15) is 119 Å². The van der Waals surface area contributed by atoms with Crippen molar-refractivity contribution in [3.05, 3.63) is 0 Å². The third kappa shape index (κ3) is 44.1. The summed E-state index contributed by atoms with van der Waals surface area (Å²) in [6, 6.07) is -8.98. The van der Waals surface area contributed by atoms with Gasteiger partial charge in [0.1, 0.15) is 0 Å². The van der Waals surface area contributed by atoms with Crippen LogP contribution in [0.3, 0.4) is 0 Å². The van der Waals surface area contributed by atoms with Gasteiger partial charge in [-0.15, -0.1) is 0 Å². The van der Waals surface area contributed by atoms with Gasteiger partial charge in [0.25, 0.3) is 0 Å². The number of carbonyl (C=O) groups is 12. The van der Waals surface area contributed by atoms with Crippen LogP contribution in [0.2, 0.25) is 0 Å². The largest absolute Gasteiger partial charge is 3.00 e. The molecule has 362 valence electrons. The quantitative estimate of drug-likeness (QED) is 0.0262. The van der Waals surface area contributed by atoms with Crippen molar-refractivity contribution in [1.29, 1.82) is 0 Å². The second-order valence-corrected chi connectivity index (χ2v) is 11.4. The van der Waals surface area contributed by atoms with Gasteiger partial charge in [0.2, 0.25) is 0 Å². The van der Waals surface area contributed by atoms with Gasteiger partial charge in [0.05, 0.1) is 72.1 Å². The third-order valence-electron chi connectivity index (χ3n) is 6.65. The van der Waals surface area contributed by atoms with Crippen molar-refractivity contribution in [2.45, 2.75) is 74.8 Å². The molecule has 6 N–H and O–H groups in total. The number of aliphatic carboxylic acids is 12. The van der Waals surface area contributed by atoms with E-state index in [0.29, 0.717) is 0 Å². The van der Waals surface area contributed by atoms with Gasteiger partial charge in [-0.3, -0.25) is 0 Å². The Morgan fingerprint density at radius 1 is 0.234 bits per heavy atom. The van der Waals surface area contributed by atoms with Crippen molar-refractivity contribution >= 4 is 71.6 Å². The van der Waals surface area contributed by atoms with Gasteiger partial charge >= 0.3 is 68.3 Å². The summed E-state index contributed by atoms with van der Waals surface area (Å²) in [6.45, 7) is -0.817. The Balaban J connectivity index is -0.000000148. The van der Waals surface area contributed by atoms with E-state index in [-0.39, 0.29) is 108 Å². The Hall–Kier alpha value is -4.52. The van der Waals surface area contributed by atoms with Crippen LogP contribution in [0.15, 0.2) is 0 Å². The Kier molecular flexibility index (Phi) is 49.0. The summed E-state index contributed by atoms with van der Waals surface area (Å²) in [5.41, 5.74) is 0. The van der Waals surface area contributed by atoms with Crippen LogP contribution in [0, 0.1) is 0 Å². The summed E-state index contributed by atoms with van der Waals surface area (Å²) in [7, 11) is 0. The zero-order valence-corrected chi connectivity index (χ0v) is 36.6. The molecule has 0 aliphatic heterocycles. The maximum Gasteiger partial charge on any atom is 3.00 e. The van der Waals surface area contributed by atoms with E-state index in [1.54, 1.807) is 0 Å². The van der Waals surface area contributed by atoms with Crippen LogP contribution in [-0.2, 0) is 126 Å². The van der Waals surface area contributed by atoms with Crippen molar-refractivity contribution in [3.63, 3.8) is 0 Å². The van der Waals surface area contributed by atoms with E-state index >= 15 is 0 Å². The molecule has 0 aromatic rings. The van der Waals surface area contributed by atoms with Crippen LogP contribution in [0.1, 0.15) is 38.5 Å². The second-order valence-electron chi connectivity index (χ2n) is 11.4. The van der Waals surface area contributed by atoms with Crippen LogP contribution < -0.4 is 93.2 Å². The summed E-state index contributed by atoms with van der Waals surface area (Å²) in [5, 5.41) is 138. The fourth-order valence-corrected chi connectivity index (χ4v) is 3.91. The summed E-state index contributed by atoms with van der Waals surface area (Å²) in [5.74, 6) is -19.5. The monoisotopic (exact) mass is 1090 g/mol. The van der Waals surface area contributed by atoms with Crippen molar-refractivity contribution in [2.24, 2.45) is 0 Å². The molecule has 0 spiro atoms. The molecule has 0 heterocycles. The Bertz CT molecular complexity index is 1240. The summed E-state index contributed by atoms with van der Waals surface area (Å²) >= 11 is 0. The van der Waals surface area contributed by atoms with Gasteiger partial charge in [-0.25, -0.2) is 0 Å². The van der Waals surface area contributed by atoms with Gasteiger partial charge < -0.3 is 151 Å².